The number of primary amides is 1. The first kappa shape index (κ1) is 25.3. The van der Waals surface area contributed by atoms with Gasteiger partial charge in [-0.05, 0) is 61.6 Å². The third-order valence-corrected chi connectivity index (χ3v) is 9.55. The van der Waals surface area contributed by atoms with Crippen LogP contribution in [0.15, 0.2) is 35.2 Å². The number of benzene rings is 2. The molecule has 2 fully saturated rings. The minimum Gasteiger partial charge on any atom is -0.449 e. The number of rotatable bonds is 6. The summed E-state index contributed by atoms with van der Waals surface area (Å²) < 4.78 is 72.3. The van der Waals surface area contributed by atoms with Crippen LogP contribution in [-0.2, 0) is 14.6 Å². The lowest BCUT2D eigenvalue weighted by molar-refractivity contribution is 0.102. The zero-order valence-corrected chi connectivity index (χ0v) is 19.8. The van der Waals surface area contributed by atoms with Crippen LogP contribution in [0.3, 0.4) is 0 Å². The number of nitrogens with one attached hydrogen (secondary N) is 1. The zero-order valence-electron chi connectivity index (χ0n) is 18.3. The summed E-state index contributed by atoms with van der Waals surface area (Å²) in [6.07, 6.45) is 1.61. The fourth-order valence-corrected chi connectivity index (χ4v) is 8.15. The van der Waals surface area contributed by atoms with Crippen LogP contribution >= 0.6 is 11.6 Å². The Morgan fingerprint density at radius 2 is 1.66 bits per heavy atom. The zero-order chi connectivity index (χ0) is 25.5. The van der Waals surface area contributed by atoms with Gasteiger partial charge < -0.3 is 15.8 Å². The van der Waals surface area contributed by atoms with Crippen LogP contribution in [0.5, 0.6) is 0 Å². The first-order valence-electron chi connectivity index (χ1n) is 10.9. The molecule has 2 atom stereocenters. The lowest BCUT2D eigenvalue weighted by Gasteiger charge is -2.34. The van der Waals surface area contributed by atoms with Gasteiger partial charge in [-0.25, -0.2) is 26.4 Å². The second-order valence-electron chi connectivity index (χ2n) is 8.93. The maximum atomic E-state index is 13.6. The first-order valence-corrected chi connectivity index (χ1v) is 12.8. The lowest BCUT2D eigenvalue weighted by atomic mass is 9.81. The van der Waals surface area contributed by atoms with E-state index >= 15 is 0 Å². The number of carbonyl (C=O) groups is 2. The molecule has 0 aliphatic heterocycles. The van der Waals surface area contributed by atoms with Crippen LogP contribution in [0, 0.1) is 35.2 Å². The molecule has 2 aliphatic rings. The Morgan fingerprint density at radius 3 is 2.23 bits per heavy atom. The normalized spacial score (nSPS) is 23.7. The van der Waals surface area contributed by atoms with Crippen LogP contribution in [0.2, 0.25) is 5.02 Å². The number of fused-ring (bicyclic) bond motifs is 2. The molecular weight excluding hydrogens is 509 g/mol. The second-order valence-corrected chi connectivity index (χ2v) is 11.4. The summed E-state index contributed by atoms with van der Waals surface area (Å²) in [5, 5.41) is 1.47. The molecule has 2 amide bonds. The van der Waals surface area contributed by atoms with Crippen molar-refractivity contribution in [3.05, 3.63) is 58.4 Å². The van der Waals surface area contributed by atoms with Gasteiger partial charge in [-0.2, -0.15) is 0 Å². The number of ether oxygens (including phenoxy) is 1. The summed E-state index contributed by atoms with van der Waals surface area (Å²) in [6, 6.07) is 4.90. The summed E-state index contributed by atoms with van der Waals surface area (Å²) in [6.45, 7) is 0.135. The van der Waals surface area contributed by atoms with E-state index in [4.69, 9.17) is 22.1 Å². The Kier molecular flexibility index (Phi) is 7.01. The highest BCUT2D eigenvalue weighted by molar-refractivity contribution is 7.92. The Bertz CT molecular complexity index is 1250. The van der Waals surface area contributed by atoms with Crippen molar-refractivity contribution in [2.45, 2.75) is 35.8 Å². The lowest BCUT2D eigenvalue weighted by Crippen LogP contribution is -2.39. The number of hydrogen-bond acceptors (Lipinski definition) is 5. The predicted molar refractivity (Wildman–Crippen MR) is 121 cm³/mol. The van der Waals surface area contributed by atoms with E-state index in [-0.39, 0.29) is 45.5 Å². The van der Waals surface area contributed by atoms with Crippen molar-refractivity contribution < 1.29 is 35.9 Å². The van der Waals surface area contributed by atoms with Gasteiger partial charge in [-0.1, -0.05) is 11.6 Å². The second kappa shape index (κ2) is 9.69. The minimum absolute atomic E-state index is 0.00975. The molecule has 2 aromatic rings. The van der Waals surface area contributed by atoms with Crippen molar-refractivity contribution in [2.24, 2.45) is 23.5 Å². The number of halogens is 4. The maximum absolute atomic E-state index is 13.6. The largest absolute Gasteiger partial charge is 0.449 e. The SMILES string of the molecule is NC(=O)OCC1CC2CCC(C1)C2S(=O)(=O)c1cc(C(=O)Nc2cc(F)c(F)c(F)c2)ccc1Cl. The summed E-state index contributed by atoms with van der Waals surface area (Å²) in [4.78, 5) is 23.4. The number of amides is 2. The van der Waals surface area contributed by atoms with Gasteiger partial charge in [0.05, 0.1) is 21.8 Å². The van der Waals surface area contributed by atoms with Gasteiger partial charge in [0, 0.05) is 23.4 Å². The van der Waals surface area contributed by atoms with E-state index < -0.39 is 44.5 Å². The van der Waals surface area contributed by atoms with Gasteiger partial charge in [0.25, 0.3) is 5.91 Å². The summed E-state index contributed by atoms with van der Waals surface area (Å²) in [5.74, 6) is -5.81. The molecule has 35 heavy (non-hydrogen) atoms. The summed E-state index contributed by atoms with van der Waals surface area (Å²) >= 11 is 6.23. The van der Waals surface area contributed by atoms with Crippen molar-refractivity contribution >= 4 is 39.1 Å². The van der Waals surface area contributed by atoms with Crippen molar-refractivity contribution in [1.29, 1.82) is 0 Å². The average molecular weight is 531 g/mol. The van der Waals surface area contributed by atoms with E-state index in [0.29, 0.717) is 37.8 Å². The van der Waals surface area contributed by atoms with Crippen LogP contribution in [0.25, 0.3) is 0 Å². The summed E-state index contributed by atoms with van der Waals surface area (Å²) in [5.41, 5.74) is 4.60. The number of sulfone groups is 1. The molecule has 0 aromatic heterocycles. The van der Waals surface area contributed by atoms with E-state index in [9.17, 15) is 31.2 Å². The van der Waals surface area contributed by atoms with Gasteiger partial charge in [0.2, 0.25) is 0 Å². The molecule has 0 saturated heterocycles. The standard InChI is InChI=1S/C23H22ClF3N2O5S/c24-16-4-3-14(22(30)29-15-8-17(25)20(27)18(26)9-15)7-19(16)35(32,33)21-12-1-2-13(21)6-11(5-12)10-34-23(28)31/h3-4,7-9,11-13,21H,1-2,5-6,10H2,(H2,28,31)(H,29,30). The van der Waals surface area contributed by atoms with Gasteiger partial charge in [0.1, 0.15) is 0 Å². The van der Waals surface area contributed by atoms with Crippen LogP contribution in [0.4, 0.5) is 23.7 Å². The van der Waals surface area contributed by atoms with Gasteiger partial charge in [-0.15, -0.1) is 0 Å². The molecule has 7 nitrogen and oxygen atoms in total. The molecule has 0 radical (unpaired) electrons. The number of anilines is 1. The minimum atomic E-state index is -3.95. The molecule has 188 valence electrons. The molecule has 3 N–H and O–H groups in total. The third-order valence-electron chi connectivity index (χ3n) is 6.67. The van der Waals surface area contributed by atoms with E-state index in [2.05, 4.69) is 5.32 Å². The Balaban J connectivity index is 1.56. The average Bonchev–Trinajstić information content (AvgIpc) is 3.07. The van der Waals surface area contributed by atoms with Gasteiger partial charge in [0.15, 0.2) is 27.3 Å². The maximum Gasteiger partial charge on any atom is 0.404 e. The Labute approximate surface area is 204 Å². The first-order chi connectivity index (χ1) is 16.5. The highest BCUT2D eigenvalue weighted by atomic mass is 35.5. The van der Waals surface area contributed by atoms with Crippen molar-refractivity contribution in [2.75, 3.05) is 11.9 Å². The Hall–Kier alpha value is -2.79. The van der Waals surface area contributed by atoms with Crippen molar-refractivity contribution in [3.8, 4) is 0 Å². The number of carbonyl (C=O) groups excluding carboxylic acids is 2. The molecule has 2 bridgehead atoms. The molecular formula is C23H22ClF3N2O5S. The molecule has 12 heteroatoms. The third kappa shape index (κ3) is 5.11. The van der Waals surface area contributed by atoms with Crippen molar-refractivity contribution in [3.63, 3.8) is 0 Å². The molecule has 0 heterocycles. The Morgan fingerprint density at radius 1 is 1.06 bits per heavy atom. The van der Waals surface area contributed by atoms with Gasteiger partial charge >= 0.3 is 6.09 Å². The molecule has 0 spiro atoms. The van der Waals surface area contributed by atoms with E-state index in [1.807, 2.05) is 0 Å². The van der Waals surface area contributed by atoms with Crippen LogP contribution < -0.4 is 11.1 Å². The monoisotopic (exact) mass is 530 g/mol. The van der Waals surface area contributed by atoms with Crippen LogP contribution in [-0.4, -0.2) is 32.3 Å². The van der Waals surface area contributed by atoms with Crippen molar-refractivity contribution in [1.82, 2.24) is 0 Å². The van der Waals surface area contributed by atoms with Gasteiger partial charge in [-0.3, -0.25) is 4.79 Å². The topological polar surface area (TPSA) is 116 Å². The van der Waals surface area contributed by atoms with Crippen LogP contribution in [0.1, 0.15) is 36.0 Å². The summed E-state index contributed by atoms with van der Waals surface area (Å²) in [7, 11) is -3.95. The smallest absolute Gasteiger partial charge is 0.404 e. The van der Waals surface area contributed by atoms with E-state index in [1.165, 1.54) is 12.1 Å². The van der Waals surface area contributed by atoms with E-state index in [0.717, 1.165) is 6.07 Å². The molecule has 2 aromatic carbocycles. The predicted octanol–water partition coefficient (Wildman–Crippen LogP) is 4.68. The molecule has 2 unspecified atom stereocenters. The highest BCUT2D eigenvalue weighted by Crippen LogP contribution is 2.50. The highest BCUT2D eigenvalue weighted by Gasteiger charge is 2.50. The molecule has 2 saturated carbocycles. The molecule has 4 rings (SSSR count). The molecule has 2 aliphatic carbocycles. The quantitative estimate of drug-likeness (QED) is 0.526. The fourth-order valence-electron chi connectivity index (χ4n) is 5.28. The number of hydrogen-bond donors (Lipinski definition) is 2. The fraction of sp³-hybridized carbons (Fsp3) is 0.391. The van der Waals surface area contributed by atoms with E-state index in [1.54, 1.807) is 0 Å². The number of nitrogens with two attached hydrogens (primary N) is 1.